The standard InChI is InChI=1S/C19H27N3O2/c1-14-5-4-6-16(20-14)12-21-11-15-9-17(24-18(15)13-21)10-19(23)22-7-2-3-8-22/h4-6,15,17-18H,2-3,7-13H2,1H3/t15-,17+,18+/m0/s1. The summed E-state index contributed by atoms with van der Waals surface area (Å²) in [6.45, 7) is 6.84. The molecular formula is C19H27N3O2. The molecule has 1 aromatic rings. The van der Waals surface area contributed by atoms with E-state index in [1.54, 1.807) is 0 Å². The van der Waals surface area contributed by atoms with Crippen LogP contribution in [0.2, 0.25) is 0 Å². The number of amides is 1. The second-order valence-corrected chi connectivity index (χ2v) is 7.55. The van der Waals surface area contributed by atoms with Gasteiger partial charge in [0.1, 0.15) is 0 Å². The van der Waals surface area contributed by atoms with Gasteiger partial charge in [0.15, 0.2) is 0 Å². The number of aromatic nitrogens is 1. The van der Waals surface area contributed by atoms with Gasteiger partial charge >= 0.3 is 0 Å². The fraction of sp³-hybridized carbons (Fsp3) is 0.684. The molecule has 1 aromatic heterocycles. The van der Waals surface area contributed by atoms with E-state index in [1.807, 2.05) is 17.9 Å². The first-order chi connectivity index (χ1) is 11.7. The molecule has 0 spiro atoms. The van der Waals surface area contributed by atoms with Crippen LogP contribution in [-0.4, -0.2) is 59.1 Å². The normalized spacial score (nSPS) is 30.0. The van der Waals surface area contributed by atoms with Gasteiger partial charge in [0.2, 0.25) is 5.91 Å². The summed E-state index contributed by atoms with van der Waals surface area (Å²) in [6, 6.07) is 6.21. The van der Waals surface area contributed by atoms with Crippen LogP contribution in [0.4, 0.5) is 0 Å². The fourth-order valence-electron chi connectivity index (χ4n) is 4.42. The van der Waals surface area contributed by atoms with Crippen molar-refractivity contribution >= 4 is 5.91 Å². The summed E-state index contributed by atoms with van der Waals surface area (Å²) in [5, 5.41) is 0. The molecule has 5 heteroatoms. The summed E-state index contributed by atoms with van der Waals surface area (Å²) in [6.07, 6.45) is 4.35. The van der Waals surface area contributed by atoms with Crippen LogP contribution in [0.5, 0.6) is 0 Å². The minimum absolute atomic E-state index is 0.132. The van der Waals surface area contributed by atoms with Crippen molar-refractivity contribution in [2.45, 2.75) is 51.4 Å². The molecular weight excluding hydrogens is 302 g/mol. The molecule has 0 unspecified atom stereocenters. The molecule has 0 bridgehead atoms. The van der Waals surface area contributed by atoms with Crippen molar-refractivity contribution in [3.63, 3.8) is 0 Å². The van der Waals surface area contributed by atoms with Crippen LogP contribution >= 0.6 is 0 Å². The van der Waals surface area contributed by atoms with Gasteiger partial charge in [0.05, 0.1) is 24.3 Å². The Labute approximate surface area is 144 Å². The highest BCUT2D eigenvalue weighted by Crippen LogP contribution is 2.35. The van der Waals surface area contributed by atoms with E-state index in [0.29, 0.717) is 24.3 Å². The van der Waals surface area contributed by atoms with Crippen molar-refractivity contribution in [2.24, 2.45) is 5.92 Å². The molecule has 24 heavy (non-hydrogen) atoms. The molecule has 4 rings (SSSR count). The first kappa shape index (κ1) is 16.0. The Morgan fingerprint density at radius 1 is 1.29 bits per heavy atom. The molecule has 0 saturated carbocycles. The molecule has 3 atom stereocenters. The van der Waals surface area contributed by atoms with Gasteiger partial charge in [-0.15, -0.1) is 0 Å². The molecule has 0 aromatic carbocycles. The lowest BCUT2D eigenvalue weighted by Crippen LogP contribution is -2.32. The monoisotopic (exact) mass is 329 g/mol. The van der Waals surface area contributed by atoms with Crippen LogP contribution in [0, 0.1) is 12.8 Å². The number of hydrogen-bond donors (Lipinski definition) is 0. The van der Waals surface area contributed by atoms with Crippen molar-refractivity contribution < 1.29 is 9.53 Å². The molecule has 3 saturated heterocycles. The number of carbonyl (C=O) groups is 1. The van der Waals surface area contributed by atoms with Crippen molar-refractivity contribution in [1.82, 2.24) is 14.8 Å². The van der Waals surface area contributed by atoms with E-state index in [-0.39, 0.29) is 6.10 Å². The Balaban J connectivity index is 1.26. The zero-order valence-electron chi connectivity index (χ0n) is 14.5. The summed E-state index contributed by atoms with van der Waals surface area (Å²) in [5.41, 5.74) is 2.21. The largest absolute Gasteiger partial charge is 0.373 e. The van der Waals surface area contributed by atoms with E-state index < -0.39 is 0 Å². The van der Waals surface area contributed by atoms with Crippen molar-refractivity contribution in [3.8, 4) is 0 Å². The number of carbonyl (C=O) groups excluding carboxylic acids is 1. The van der Waals surface area contributed by atoms with Gasteiger partial charge < -0.3 is 9.64 Å². The number of ether oxygens (including phenoxy) is 1. The zero-order valence-corrected chi connectivity index (χ0v) is 14.5. The average Bonchev–Trinajstić information content (AvgIpc) is 3.23. The first-order valence-electron chi connectivity index (χ1n) is 9.25. The number of fused-ring (bicyclic) bond motifs is 1. The third-order valence-corrected chi connectivity index (χ3v) is 5.58. The minimum atomic E-state index is 0.132. The summed E-state index contributed by atoms with van der Waals surface area (Å²) in [4.78, 5) is 21.3. The lowest BCUT2D eigenvalue weighted by Gasteiger charge is -2.21. The van der Waals surface area contributed by atoms with Gasteiger partial charge in [-0.3, -0.25) is 14.7 Å². The van der Waals surface area contributed by atoms with Crippen LogP contribution in [0.15, 0.2) is 18.2 Å². The number of aryl methyl sites for hydroxylation is 1. The second kappa shape index (κ2) is 6.81. The highest BCUT2D eigenvalue weighted by molar-refractivity contribution is 5.77. The summed E-state index contributed by atoms with van der Waals surface area (Å²) < 4.78 is 6.20. The van der Waals surface area contributed by atoms with Gasteiger partial charge in [0.25, 0.3) is 0 Å². The summed E-state index contributed by atoms with van der Waals surface area (Å²) in [7, 11) is 0. The maximum atomic E-state index is 12.3. The maximum absolute atomic E-state index is 12.3. The smallest absolute Gasteiger partial charge is 0.225 e. The Morgan fingerprint density at radius 3 is 2.88 bits per heavy atom. The van der Waals surface area contributed by atoms with Crippen molar-refractivity contribution in [1.29, 1.82) is 0 Å². The molecule has 0 aliphatic carbocycles. The van der Waals surface area contributed by atoms with E-state index in [9.17, 15) is 4.79 Å². The SMILES string of the molecule is Cc1cccc(CN2C[C@@H]3C[C@H](CC(=O)N4CCCC4)O[C@@H]3C2)n1. The fourth-order valence-corrected chi connectivity index (χ4v) is 4.42. The molecule has 4 heterocycles. The van der Waals surface area contributed by atoms with Crippen LogP contribution < -0.4 is 0 Å². The van der Waals surface area contributed by atoms with Crippen LogP contribution in [0.3, 0.4) is 0 Å². The Hall–Kier alpha value is -1.46. The highest BCUT2D eigenvalue weighted by atomic mass is 16.5. The predicted octanol–water partition coefficient (Wildman–Crippen LogP) is 1.99. The first-order valence-corrected chi connectivity index (χ1v) is 9.25. The molecule has 3 fully saturated rings. The third kappa shape index (κ3) is 3.47. The number of likely N-dealkylation sites (tertiary alicyclic amines) is 2. The summed E-state index contributed by atoms with van der Waals surface area (Å²) in [5.74, 6) is 0.865. The molecule has 5 nitrogen and oxygen atoms in total. The van der Waals surface area contributed by atoms with Gasteiger partial charge in [-0.05, 0) is 38.3 Å². The number of nitrogens with zero attached hydrogens (tertiary/aromatic N) is 3. The van der Waals surface area contributed by atoms with Crippen LogP contribution in [0.25, 0.3) is 0 Å². The van der Waals surface area contributed by atoms with Gasteiger partial charge in [-0.1, -0.05) is 6.07 Å². The minimum Gasteiger partial charge on any atom is -0.373 e. The Bertz CT molecular complexity index is 586. The number of hydrogen-bond acceptors (Lipinski definition) is 4. The van der Waals surface area contributed by atoms with Crippen molar-refractivity contribution in [3.05, 3.63) is 29.6 Å². The lowest BCUT2D eigenvalue weighted by molar-refractivity contribution is -0.132. The molecule has 1 amide bonds. The highest BCUT2D eigenvalue weighted by Gasteiger charge is 2.42. The van der Waals surface area contributed by atoms with Gasteiger partial charge in [-0.25, -0.2) is 0 Å². The summed E-state index contributed by atoms with van der Waals surface area (Å²) >= 11 is 0. The van der Waals surface area contributed by atoms with E-state index in [0.717, 1.165) is 63.4 Å². The van der Waals surface area contributed by atoms with E-state index in [1.165, 1.54) is 0 Å². The average molecular weight is 329 g/mol. The second-order valence-electron chi connectivity index (χ2n) is 7.55. The predicted molar refractivity (Wildman–Crippen MR) is 91.5 cm³/mol. The molecule has 130 valence electrons. The maximum Gasteiger partial charge on any atom is 0.225 e. The zero-order chi connectivity index (χ0) is 16.5. The van der Waals surface area contributed by atoms with E-state index >= 15 is 0 Å². The van der Waals surface area contributed by atoms with E-state index in [2.05, 4.69) is 22.0 Å². The molecule has 0 radical (unpaired) electrons. The van der Waals surface area contributed by atoms with Gasteiger partial charge in [0, 0.05) is 44.3 Å². The molecule has 3 aliphatic rings. The quantitative estimate of drug-likeness (QED) is 0.847. The topological polar surface area (TPSA) is 45.7 Å². The Morgan fingerprint density at radius 2 is 2.12 bits per heavy atom. The number of rotatable bonds is 4. The Kier molecular flexibility index (Phi) is 4.55. The van der Waals surface area contributed by atoms with Crippen molar-refractivity contribution in [2.75, 3.05) is 26.2 Å². The van der Waals surface area contributed by atoms with Crippen LogP contribution in [-0.2, 0) is 16.1 Å². The van der Waals surface area contributed by atoms with Gasteiger partial charge in [-0.2, -0.15) is 0 Å². The third-order valence-electron chi connectivity index (χ3n) is 5.58. The van der Waals surface area contributed by atoms with E-state index in [4.69, 9.17) is 4.74 Å². The van der Waals surface area contributed by atoms with Crippen LogP contribution in [0.1, 0.15) is 37.1 Å². The molecule has 0 N–H and O–H groups in total. The molecule has 3 aliphatic heterocycles. The lowest BCUT2D eigenvalue weighted by atomic mass is 10.0. The number of pyridine rings is 1.